The van der Waals surface area contributed by atoms with E-state index in [-0.39, 0.29) is 12.2 Å². The first-order chi connectivity index (χ1) is 17.4. The highest BCUT2D eigenvalue weighted by molar-refractivity contribution is 6.33. The van der Waals surface area contributed by atoms with E-state index in [0.717, 1.165) is 59.7 Å². The van der Waals surface area contributed by atoms with Crippen LogP contribution < -0.4 is 5.32 Å². The Morgan fingerprint density at radius 3 is 2.39 bits per heavy atom. The van der Waals surface area contributed by atoms with Crippen LogP contribution >= 0.6 is 11.6 Å². The van der Waals surface area contributed by atoms with Gasteiger partial charge in [-0.25, -0.2) is 0 Å². The number of aliphatic hydroxyl groups is 1. The molecule has 2 aliphatic rings. The van der Waals surface area contributed by atoms with Crippen molar-refractivity contribution in [2.75, 3.05) is 33.3 Å². The largest absolute Gasteiger partial charge is 0.395 e. The number of aliphatic hydroxyl groups excluding tert-OH is 1. The lowest BCUT2D eigenvalue weighted by molar-refractivity contribution is -0.107. The molecule has 1 saturated heterocycles. The van der Waals surface area contributed by atoms with Gasteiger partial charge in [0.2, 0.25) is 0 Å². The van der Waals surface area contributed by atoms with Gasteiger partial charge >= 0.3 is 0 Å². The van der Waals surface area contributed by atoms with Gasteiger partial charge in [-0.05, 0) is 74.9 Å². The molecule has 1 aliphatic carbocycles. The Morgan fingerprint density at radius 1 is 1.19 bits per heavy atom. The molecule has 4 rings (SSSR count). The van der Waals surface area contributed by atoms with E-state index in [2.05, 4.69) is 30.1 Å². The smallest absolute Gasteiger partial charge is 0.150 e. The highest BCUT2D eigenvalue weighted by Gasteiger charge is 2.37. The van der Waals surface area contributed by atoms with Crippen LogP contribution in [0.1, 0.15) is 73.4 Å². The molecule has 1 aliphatic heterocycles. The molecule has 0 radical (unpaired) electrons. The van der Waals surface area contributed by atoms with E-state index in [4.69, 9.17) is 21.4 Å². The minimum Gasteiger partial charge on any atom is -0.395 e. The Bertz CT molecular complexity index is 949. The van der Waals surface area contributed by atoms with Crippen LogP contribution in [0.5, 0.6) is 0 Å². The highest BCUT2D eigenvalue weighted by Crippen LogP contribution is 2.37. The number of likely N-dealkylation sites (N-methyl/N-ethyl adjacent to an activating group) is 1. The molecule has 0 atom stereocenters. The zero-order valence-electron chi connectivity index (χ0n) is 22.2. The number of carbonyl (C=O) groups is 1. The standard InChI is InChI=1S/C27H34ClNO2.C3H9NO/c1-3-11-27(12-14-29(15-13-27)24-5-4-6-24)31-19-23-17-25(26(28)16-20(23)2)22-9-7-21(18-30)8-10-22;1-4-2-3-5/h7-10,16-18,24H,3-6,11-15,19H2,1-2H3;4-5H,2-3H2,1H3. The summed E-state index contributed by atoms with van der Waals surface area (Å²) in [7, 11) is 1.80. The number of carbonyl (C=O) groups excluding carboxylic acids is 1. The Morgan fingerprint density at radius 2 is 1.89 bits per heavy atom. The summed E-state index contributed by atoms with van der Waals surface area (Å²) in [6.45, 7) is 8.24. The minimum atomic E-state index is -0.00710. The van der Waals surface area contributed by atoms with Gasteiger partial charge in [-0.15, -0.1) is 0 Å². The van der Waals surface area contributed by atoms with Crippen molar-refractivity contribution in [2.45, 2.75) is 77.0 Å². The third-order valence-electron chi connectivity index (χ3n) is 7.69. The van der Waals surface area contributed by atoms with Crippen molar-refractivity contribution in [3.05, 3.63) is 58.1 Å². The number of hydrogen-bond acceptors (Lipinski definition) is 5. The van der Waals surface area contributed by atoms with Gasteiger partial charge in [-0.3, -0.25) is 4.79 Å². The van der Waals surface area contributed by atoms with Crippen LogP contribution in [0.2, 0.25) is 5.02 Å². The second-order valence-electron chi connectivity index (χ2n) is 10.2. The molecule has 2 aromatic rings. The minimum absolute atomic E-state index is 0.00710. The first-order valence-corrected chi connectivity index (χ1v) is 13.8. The molecule has 2 N–H and O–H groups in total. The number of nitrogens with zero attached hydrogens (tertiary/aromatic N) is 1. The predicted molar refractivity (Wildman–Crippen MR) is 149 cm³/mol. The summed E-state index contributed by atoms with van der Waals surface area (Å²) in [4.78, 5) is 13.7. The molecular weight excluding hydrogens is 472 g/mol. The molecule has 2 fully saturated rings. The molecule has 0 unspecified atom stereocenters. The molecule has 198 valence electrons. The average molecular weight is 515 g/mol. The van der Waals surface area contributed by atoms with Gasteiger partial charge in [-0.1, -0.05) is 55.6 Å². The average Bonchev–Trinajstić information content (AvgIpc) is 2.85. The Kier molecular flexibility index (Phi) is 11.4. The van der Waals surface area contributed by atoms with Gasteiger partial charge in [-0.2, -0.15) is 0 Å². The molecular formula is C30H43ClN2O3. The van der Waals surface area contributed by atoms with E-state index in [1.165, 1.54) is 37.9 Å². The first kappa shape index (κ1) is 28.8. The molecule has 5 nitrogen and oxygen atoms in total. The normalized spacial score (nSPS) is 17.7. The lowest BCUT2D eigenvalue weighted by atomic mass is 9.83. The number of aldehydes is 1. The van der Waals surface area contributed by atoms with Crippen molar-refractivity contribution in [3.63, 3.8) is 0 Å². The van der Waals surface area contributed by atoms with Gasteiger partial charge in [0.25, 0.3) is 0 Å². The maximum atomic E-state index is 11.0. The van der Waals surface area contributed by atoms with Crippen molar-refractivity contribution in [3.8, 4) is 11.1 Å². The number of aryl methyl sites for hydroxylation is 1. The summed E-state index contributed by atoms with van der Waals surface area (Å²) in [5.41, 5.74) is 5.03. The molecule has 0 aromatic heterocycles. The monoisotopic (exact) mass is 514 g/mol. The van der Waals surface area contributed by atoms with Crippen LogP contribution in [0.4, 0.5) is 0 Å². The van der Waals surface area contributed by atoms with Gasteiger partial charge in [0.1, 0.15) is 6.29 Å². The molecule has 0 amide bonds. The summed E-state index contributed by atoms with van der Waals surface area (Å²) in [6, 6.07) is 12.6. The molecule has 2 aromatic carbocycles. The van der Waals surface area contributed by atoms with Crippen LogP contribution in [0.25, 0.3) is 11.1 Å². The summed E-state index contributed by atoms with van der Waals surface area (Å²) >= 11 is 6.58. The van der Waals surface area contributed by atoms with Crippen molar-refractivity contribution in [1.82, 2.24) is 10.2 Å². The third-order valence-corrected chi connectivity index (χ3v) is 8.00. The summed E-state index contributed by atoms with van der Waals surface area (Å²) < 4.78 is 6.71. The molecule has 36 heavy (non-hydrogen) atoms. The third kappa shape index (κ3) is 7.62. The zero-order chi connectivity index (χ0) is 26.0. The van der Waals surface area contributed by atoms with E-state index in [9.17, 15) is 4.79 Å². The second kappa shape index (κ2) is 14.3. The van der Waals surface area contributed by atoms with Crippen LogP contribution in [0, 0.1) is 6.92 Å². The Labute approximate surface area is 222 Å². The quantitative estimate of drug-likeness (QED) is 0.379. The zero-order valence-corrected chi connectivity index (χ0v) is 22.9. The van der Waals surface area contributed by atoms with E-state index >= 15 is 0 Å². The van der Waals surface area contributed by atoms with Gasteiger partial charge in [0.15, 0.2) is 0 Å². The molecule has 6 heteroatoms. The number of benzene rings is 2. The number of nitrogens with one attached hydrogen (secondary N) is 1. The lowest BCUT2D eigenvalue weighted by Crippen LogP contribution is -2.51. The SMILES string of the molecule is CCCC1(OCc2cc(-c3ccc(C=O)cc3)c(Cl)cc2C)CCN(C2CCC2)CC1.CNCCO. The number of halogens is 1. The first-order valence-electron chi connectivity index (χ1n) is 13.4. The van der Waals surface area contributed by atoms with Gasteiger partial charge in [0.05, 0.1) is 18.8 Å². The van der Waals surface area contributed by atoms with E-state index in [1.807, 2.05) is 30.3 Å². The van der Waals surface area contributed by atoms with E-state index in [0.29, 0.717) is 18.7 Å². The fraction of sp³-hybridized carbons (Fsp3) is 0.567. The lowest BCUT2D eigenvalue weighted by Gasteiger charge is -2.46. The molecule has 0 spiro atoms. The topological polar surface area (TPSA) is 61.8 Å². The maximum absolute atomic E-state index is 11.0. The van der Waals surface area contributed by atoms with Crippen LogP contribution in [-0.2, 0) is 11.3 Å². The molecule has 0 bridgehead atoms. The Hall–Kier alpha value is -1.76. The van der Waals surface area contributed by atoms with Gasteiger partial charge < -0.3 is 20.1 Å². The highest BCUT2D eigenvalue weighted by atomic mass is 35.5. The predicted octanol–water partition coefficient (Wildman–Crippen LogP) is 6.03. The van der Waals surface area contributed by atoms with Gasteiger partial charge in [0, 0.05) is 41.8 Å². The number of likely N-dealkylation sites (tertiary alicyclic amines) is 1. The van der Waals surface area contributed by atoms with E-state index in [1.54, 1.807) is 7.05 Å². The fourth-order valence-electron chi connectivity index (χ4n) is 5.15. The summed E-state index contributed by atoms with van der Waals surface area (Å²) in [5.74, 6) is 0. The second-order valence-corrected chi connectivity index (χ2v) is 10.6. The Balaban J connectivity index is 0.000000658. The van der Waals surface area contributed by atoms with Crippen molar-refractivity contribution >= 4 is 17.9 Å². The van der Waals surface area contributed by atoms with Crippen LogP contribution in [-0.4, -0.2) is 61.2 Å². The van der Waals surface area contributed by atoms with E-state index < -0.39 is 0 Å². The number of ether oxygens (including phenoxy) is 1. The maximum Gasteiger partial charge on any atom is 0.150 e. The fourth-order valence-corrected chi connectivity index (χ4v) is 5.48. The van der Waals surface area contributed by atoms with Crippen molar-refractivity contribution in [1.29, 1.82) is 0 Å². The van der Waals surface area contributed by atoms with Crippen LogP contribution in [0.3, 0.4) is 0 Å². The number of piperidine rings is 1. The number of hydrogen-bond donors (Lipinski definition) is 2. The van der Waals surface area contributed by atoms with Crippen LogP contribution in [0.15, 0.2) is 36.4 Å². The summed E-state index contributed by atoms with van der Waals surface area (Å²) in [6.07, 6.45) is 9.55. The summed E-state index contributed by atoms with van der Waals surface area (Å²) in [5, 5.41) is 11.5. The molecule has 1 saturated carbocycles. The molecule has 1 heterocycles. The van der Waals surface area contributed by atoms with Crippen molar-refractivity contribution in [2.24, 2.45) is 0 Å². The number of rotatable bonds is 10. The van der Waals surface area contributed by atoms with Crippen molar-refractivity contribution < 1.29 is 14.6 Å².